The van der Waals surface area contributed by atoms with Gasteiger partial charge in [-0.05, 0) is 42.0 Å². The molecule has 3 amide bonds. The van der Waals surface area contributed by atoms with Gasteiger partial charge in [-0.15, -0.1) is 0 Å². The lowest BCUT2D eigenvalue weighted by atomic mass is 9.83. The SMILES string of the molecule is O=C(Cn1c2c(sc1=O)[C@H](c1cccc(Br)c1)C1C(=O)N(c3ccccc3)C(=O)C1S2)Nc1ccccc1C(F)(F)F. The molecule has 13 heteroatoms. The Labute approximate surface area is 253 Å². The van der Waals surface area contributed by atoms with Gasteiger partial charge in [0.05, 0.1) is 27.9 Å². The number of halogens is 4. The monoisotopic (exact) mass is 673 g/mol. The summed E-state index contributed by atoms with van der Waals surface area (Å²) in [5.41, 5.74) is -0.309. The fraction of sp³-hybridized carbons (Fsp3) is 0.172. The zero-order chi connectivity index (χ0) is 29.8. The van der Waals surface area contributed by atoms with Gasteiger partial charge >= 0.3 is 11.0 Å². The summed E-state index contributed by atoms with van der Waals surface area (Å²) < 4.78 is 42.3. The van der Waals surface area contributed by atoms with Crippen molar-refractivity contribution in [2.24, 2.45) is 5.92 Å². The average molecular weight is 675 g/mol. The maximum absolute atomic E-state index is 13.9. The normalized spacial score (nSPS) is 19.9. The number of nitrogens with one attached hydrogen (secondary N) is 1. The Kier molecular flexibility index (Phi) is 7.36. The standard InChI is InChI=1S/C29H19BrF3N3O4S2/c30-16-8-6-7-15(13-16)21-22-23(26(39)36(25(22)38)17-9-2-1-3-10-17)41-27-24(21)42-28(40)35(27)14-20(37)34-19-12-5-4-11-18(19)29(31,32)33/h1-13,21-23H,14H2,(H,34,37)/t21-,22?,23?/m1/s1. The van der Waals surface area contributed by atoms with E-state index in [-0.39, 0.29) is 0 Å². The van der Waals surface area contributed by atoms with Crippen LogP contribution in [0.1, 0.15) is 21.9 Å². The van der Waals surface area contributed by atoms with E-state index in [1.807, 2.05) is 18.2 Å². The molecule has 0 radical (unpaired) electrons. The molecule has 0 bridgehead atoms. The van der Waals surface area contributed by atoms with Crippen LogP contribution in [0.25, 0.3) is 0 Å². The molecule has 2 aliphatic heterocycles. The molecule has 6 rings (SSSR count). The molecule has 3 heterocycles. The number of hydrogen-bond acceptors (Lipinski definition) is 6. The lowest BCUT2D eigenvalue weighted by Crippen LogP contribution is -2.33. The van der Waals surface area contributed by atoms with E-state index in [9.17, 15) is 32.3 Å². The Morgan fingerprint density at radius 3 is 2.36 bits per heavy atom. The molecular weight excluding hydrogens is 655 g/mol. The minimum absolute atomic E-state index is 0.339. The molecule has 0 aliphatic carbocycles. The van der Waals surface area contributed by atoms with Gasteiger partial charge in [0.1, 0.15) is 11.8 Å². The van der Waals surface area contributed by atoms with Crippen molar-refractivity contribution in [2.75, 3.05) is 10.2 Å². The zero-order valence-electron chi connectivity index (χ0n) is 21.3. The van der Waals surface area contributed by atoms with E-state index in [0.29, 0.717) is 21.2 Å². The van der Waals surface area contributed by atoms with Crippen molar-refractivity contribution in [1.82, 2.24) is 4.57 Å². The number of benzene rings is 3. The fourth-order valence-electron chi connectivity index (χ4n) is 5.32. The highest BCUT2D eigenvalue weighted by molar-refractivity contribution is 9.10. The van der Waals surface area contributed by atoms with Crippen LogP contribution in [0.3, 0.4) is 0 Å². The number of carbonyl (C=O) groups excluding carboxylic acids is 3. The molecule has 1 fully saturated rings. The number of thioether (sulfide) groups is 1. The topological polar surface area (TPSA) is 88.5 Å². The van der Waals surface area contributed by atoms with Gasteiger partial charge in [0, 0.05) is 15.3 Å². The number of thiazole rings is 1. The van der Waals surface area contributed by atoms with Crippen molar-refractivity contribution in [3.8, 4) is 0 Å². The third-order valence-electron chi connectivity index (χ3n) is 7.08. The number of hydrogen-bond donors (Lipinski definition) is 1. The van der Waals surface area contributed by atoms with Gasteiger partial charge in [-0.1, -0.05) is 81.5 Å². The van der Waals surface area contributed by atoms with Crippen LogP contribution in [-0.4, -0.2) is 27.5 Å². The van der Waals surface area contributed by atoms with Crippen LogP contribution in [0.4, 0.5) is 24.5 Å². The second-order valence-corrected chi connectivity index (χ2v) is 12.7. The summed E-state index contributed by atoms with van der Waals surface area (Å²) >= 11 is 5.35. The van der Waals surface area contributed by atoms with Gasteiger partial charge in [0.25, 0.3) is 0 Å². The van der Waals surface area contributed by atoms with Gasteiger partial charge in [-0.3, -0.25) is 23.7 Å². The Hall–Kier alpha value is -3.68. The third kappa shape index (κ3) is 4.99. The summed E-state index contributed by atoms with van der Waals surface area (Å²) in [4.78, 5) is 55.0. The van der Waals surface area contributed by atoms with Crippen LogP contribution in [0.15, 0.2) is 93.2 Å². The van der Waals surface area contributed by atoms with E-state index in [4.69, 9.17) is 0 Å². The first-order chi connectivity index (χ1) is 20.0. The number of aromatic nitrogens is 1. The van der Waals surface area contributed by atoms with Crippen LogP contribution in [0.2, 0.25) is 0 Å². The first-order valence-electron chi connectivity index (χ1n) is 12.6. The summed E-state index contributed by atoms with van der Waals surface area (Å²) in [5.74, 6) is -3.16. The molecule has 3 aromatic carbocycles. The molecule has 7 nitrogen and oxygen atoms in total. The number of rotatable bonds is 5. The van der Waals surface area contributed by atoms with Crippen LogP contribution >= 0.6 is 39.0 Å². The summed E-state index contributed by atoms with van der Waals surface area (Å²) in [6, 6.07) is 20.4. The van der Waals surface area contributed by atoms with Crippen molar-refractivity contribution >= 4 is 68.1 Å². The number of imide groups is 1. The molecular formula is C29H19BrF3N3O4S2. The van der Waals surface area contributed by atoms with Crippen LogP contribution in [0.5, 0.6) is 0 Å². The number of fused-ring (bicyclic) bond motifs is 2. The first-order valence-corrected chi connectivity index (χ1v) is 15.1. The molecule has 2 unspecified atom stereocenters. The Balaban J connectivity index is 1.40. The van der Waals surface area contributed by atoms with E-state index in [0.717, 1.165) is 44.6 Å². The van der Waals surface area contributed by atoms with Gasteiger partial charge in [-0.2, -0.15) is 13.2 Å². The van der Waals surface area contributed by atoms with E-state index < -0.39 is 63.7 Å². The Morgan fingerprint density at radius 1 is 0.929 bits per heavy atom. The van der Waals surface area contributed by atoms with Crippen molar-refractivity contribution in [1.29, 1.82) is 0 Å². The minimum atomic E-state index is -4.69. The molecule has 214 valence electrons. The maximum atomic E-state index is 13.9. The molecule has 1 aromatic heterocycles. The second-order valence-electron chi connectivity index (χ2n) is 9.66. The predicted molar refractivity (Wildman–Crippen MR) is 157 cm³/mol. The molecule has 4 aromatic rings. The van der Waals surface area contributed by atoms with Crippen molar-refractivity contribution in [3.05, 3.63) is 109 Å². The number of amides is 3. The number of anilines is 2. The maximum Gasteiger partial charge on any atom is 0.418 e. The minimum Gasteiger partial charge on any atom is -0.324 e. The molecule has 2 aliphatic rings. The summed E-state index contributed by atoms with van der Waals surface area (Å²) in [7, 11) is 0. The van der Waals surface area contributed by atoms with Crippen LogP contribution < -0.4 is 15.1 Å². The highest BCUT2D eigenvalue weighted by Crippen LogP contribution is 2.54. The van der Waals surface area contributed by atoms with Gasteiger partial charge in [0.15, 0.2) is 0 Å². The Bertz CT molecular complexity index is 1790. The van der Waals surface area contributed by atoms with Crippen LogP contribution in [0, 0.1) is 5.92 Å². The number of carbonyl (C=O) groups is 3. The van der Waals surface area contributed by atoms with E-state index >= 15 is 0 Å². The molecule has 42 heavy (non-hydrogen) atoms. The third-order valence-corrected chi connectivity index (χ3v) is 10.2. The number of para-hydroxylation sites is 2. The molecule has 1 N–H and O–H groups in total. The molecule has 0 spiro atoms. The van der Waals surface area contributed by atoms with Gasteiger partial charge in [-0.25, -0.2) is 4.90 Å². The second kappa shape index (κ2) is 10.9. The first kappa shape index (κ1) is 28.4. The largest absolute Gasteiger partial charge is 0.418 e. The molecule has 0 saturated carbocycles. The lowest BCUT2D eigenvalue weighted by molar-refractivity contribution is -0.137. The predicted octanol–water partition coefficient (Wildman–Crippen LogP) is 6.13. The summed E-state index contributed by atoms with van der Waals surface area (Å²) in [6.45, 7) is -0.572. The summed E-state index contributed by atoms with van der Waals surface area (Å²) in [6.07, 6.45) is -4.69. The lowest BCUT2D eigenvalue weighted by Gasteiger charge is -2.30. The molecule has 3 atom stereocenters. The molecule has 1 saturated heterocycles. The zero-order valence-corrected chi connectivity index (χ0v) is 24.5. The number of alkyl halides is 3. The highest BCUT2D eigenvalue weighted by atomic mass is 79.9. The van der Waals surface area contributed by atoms with E-state index in [2.05, 4.69) is 21.2 Å². The van der Waals surface area contributed by atoms with Crippen molar-refractivity contribution in [2.45, 2.75) is 28.9 Å². The fourth-order valence-corrected chi connectivity index (χ4v) is 8.51. The quantitative estimate of drug-likeness (QED) is 0.258. The average Bonchev–Trinajstić information content (AvgIpc) is 3.39. The highest BCUT2D eigenvalue weighted by Gasteiger charge is 2.56. The van der Waals surface area contributed by atoms with E-state index in [1.54, 1.807) is 36.4 Å². The number of nitrogens with zero attached hydrogens (tertiary/aromatic N) is 2. The summed E-state index contributed by atoms with van der Waals surface area (Å²) in [5, 5.41) is 1.73. The van der Waals surface area contributed by atoms with Crippen molar-refractivity contribution < 1.29 is 27.6 Å². The van der Waals surface area contributed by atoms with Crippen LogP contribution in [-0.2, 0) is 27.1 Å². The van der Waals surface area contributed by atoms with Gasteiger partial charge in [0.2, 0.25) is 17.7 Å². The Morgan fingerprint density at radius 2 is 1.64 bits per heavy atom. The van der Waals surface area contributed by atoms with Crippen molar-refractivity contribution in [3.63, 3.8) is 0 Å². The van der Waals surface area contributed by atoms with Gasteiger partial charge < -0.3 is 5.32 Å². The van der Waals surface area contributed by atoms with E-state index in [1.165, 1.54) is 16.7 Å². The smallest absolute Gasteiger partial charge is 0.324 e.